The molecule has 0 unspecified atom stereocenters. The van der Waals surface area contributed by atoms with Crippen LogP contribution in [-0.4, -0.2) is 22.4 Å². The van der Waals surface area contributed by atoms with E-state index in [2.05, 4.69) is 29.7 Å². The van der Waals surface area contributed by atoms with Gasteiger partial charge in [-0.1, -0.05) is 24.3 Å². The van der Waals surface area contributed by atoms with Crippen LogP contribution in [0.1, 0.15) is 69.1 Å². The lowest BCUT2D eigenvalue weighted by atomic mass is 9.95. The van der Waals surface area contributed by atoms with E-state index in [0.29, 0.717) is 28.4 Å². The molecule has 6 nitrogen and oxygen atoms in total. The number of aromatic nitrogens is 1. The molecule has 0 bridgehead atoms. The van der Waals surface area contributed by atoms with Gasteiger partial charge < -0.3 is 19.6 Å². The van der Waals surface area contributed by atoms with E-state index in [4.69, 9.17) is 4.42 Å². The fourth-order valence-electron chi connectivity index (χ4n) is 4.69. The van der Waals surface area contributed by atoms with E-state index in [-0.39, 0.29) is 17.9 Å². The van der Waals surface area contributed by atoms with Crippen LogP contribution in [0.3, 0.4) is 0 Å². The smallest absolute Gasteiger partial charge is 0.273 e. The van der Waals surface area contributed by atoms with Gasteiger partial charge in [-0.2, -0.15) is 0 Å². The number of aryl methyl sites for hydroxylation is 2. The quantitative estimate of drug-likeness (QED) is 0.363. The molecule has 34 heavy (non-hydrogen) atoms. The summed E-state index contributed by atoms with van der Waals surface area (Å²) < 4.78 is 7.60. The summed E-state index contributed by atoms with van der Waals surface area (Å²) in [6, 6.07) is 11.9. The van der Waals surface area contributed by atoms with Crippen molar-refractivity contribution in [2.24, 2.45) is 0 Å². The predicted molar refractivity (Wildman–Crippen MR) is 136 cm³/mol. The summed E-state index contributed by atoms with van der Waals surface area (Å²) in [7, 11) is 0. The summed E-state index contributed by atoms with van der Waals surface area (Å²) in [6.07, 6.45) is 5.65. The van der Waals surface area contributed by atoms with Gasteiger partial charge in [0.1, 0.15) is 10.7 Å². The van der Waals surface area contributed by atoms with Crippen LogP contribution in [0, 0.1) is 6.92 Å². The summed E-state index contributed by atoms with van der Waals surface area (Å²) in [5.74, 6) is -0.356. The van der Waals surface area contributed by atoms with Gasteiger partial charge in [0, 0.05) is 29.6 Å². The van der Waals surface area contributed by atoms with Crippen LogP contribution in [0.15, 0.2) is 47.1 Å². The Balaban J connectivity index is 1.51. The van der Waals surface area contributed by atoms with Gasteiger partial charge in [-0.3, -0.25) is 9.59 Å². The number of hydrogen-bond donors (Lipinski definition) is 2. The number of fused-ring (bicyclic) bond motifs is 2. The van der Waals surface area contributed by atoms with Crippen molar-refractivity contribution < 1.29 is 14.0 Å². The first kappa shape index (κ1) is 22.5. The van der Waals surface area contributed by atoms with Crippen molar-refractivity contribution in [1.29, 1.82) is 0 Å². The largest absolute Gasteiger partial charge is 0.463 e. The molecule has 1 aromatic carbocycles. The van der Waals surface area contributed by atoms with Crippen molar-refractivity contribution in [2.75, 3.05) is 5.32 Å². The topological polar surface area (TPSA) is 76.3 Å². The molecule has 1 aliphatic carbocycles. The van der Waals surface area contributed by atoms with Gasteiger partial charge in [0.2, 0.25) is 0 Å². The molecular formula is C27H29N3O3S. The van der Waals surface area contributed by atoms with Crippen molar-refractivity contribution >= 4 is 39.3 Å². The Hall–Kier alpha value is -3.32. The molecule has 0 radical (unpaired) electrons. The molecule has 3 heterocycles. The minimum atomic E-state index is -0.239. The molecule has 1 aliphatic rings. The Morgan fingerprint density at radius 1 is 1.12 bits per heavy atom. The lowest BCUT2D eigenvalue weighted by Crippen LogP contribution is -2.31. The molecule has 0 saturated carbocycles. The highest BCUT2D eigenvalue weighted by molar-refractivity contribution is 7.17. The number of benzene rings is 1. The predicted octanol–water partition coefficient (Wildman–Crippen LogP) is 5.92. The molecule has 0 aliphatic heterocycles. The van der Waals surface area contributed by atoms with E-state index >= 15 is 0 Å². The first-order chi connectivity index (χ1) is 16.4. The molecule has 5 rings (SSSR count). The highest BCUT2D eigenvalue weighted by atomic mass is 32.1. The molecule has 0 spiro atoms. The summed E-state index contributed by atoms with van der Waals surface area (Å²) >= 11 is 1.54. The van der Waals surface area contributed by atoms with Crippen molar-refractivity contribution in [2.45, 2.75) is 59.0 Å². The number of nitrogens with one attached hydrogen (secondary N) is 2. The van der Waals surface area contributed by atoms with E-state index in [9.17, 15) is 9.59 Å². The molecule has 2 N–H and O–H groups in total. The second-order valence-corrected chi connectivity index (χ2v) is 10.3. The van der Waals surface area contributed by atoms with Gasteiger partial charge in [-0.15, -0.1) is 11.3 Å². The zero-order chi connectivity index (χ0) is 23.8. The van der Waals surface area contributed by atoms with Crippen LogP contribution in [0.4, 0.5) is 5.00 Å². The van der Waals surface area contributed by atoms with E-state index in [1.807, 2.05) is 36.6 Å². The molecule has 0 fully saturated rings. The average Bonchev–Trinajstić information content (AvgIpc) is 3.48. The second kappa shape index (κ2) is 9.14. The number of nitrogens with zero attached hydrogens (tertiary/aromatic N) is 1. The van der Waals surface area contributed by atoms with Crippen molar-refractivity contribution in [1.82, 2.24) is 9.88 Å². The Labute approximate surface area is 203 Å². The Kier molecular flexibility index (Phi) is 6.04. The average molecular weight is 476 g/mol. The lowest BCUT2D eigenvalue weighted by Gasteiger charge is -2.15. The highest BCUT2D eigenvalue weighted by Gasteiger charge is 2.28. The third kappa shape index (κ3) is 4.16. The summed E-state index contributed by atoms with van der Waals surface area (Å²) in [5.41, 5.74) is 6.07. The minimum absolute atomic E-state index is 0.0217. The maximum atomic E-state index is 13.6. The number of thiophene rings is 1. The number of anilines is 1. The first-order valence-corrected chi connectivity index (χ1v) is 12.6. The third-order valence-corrected chi connectivity index (χ3v) is 7.60. The number of carbonyl (C=O) groups excluding carboxylic acids is 2. The summed E-state index contributed by atoms with van der Waals surface area (Å²) in [4.78, 5) is 27.9. The molecule has 7 heteroatoms. The monoisotopic (exact) mass is 475 g/mol. The zero-order valence-corrected chi connectivity index (χ0v) is 20.6. The Morgan fingerprint density at radius 3 is 2.71 bits per heavy atom. The lowest BCUT2D eigenvalue weighted by molar-refractivity contribution is 0.0943. The first-order valence-electron chi connectivity index (χ1n) is 11.8. The molecular weight excluding hydrogens is 446 g/mol. The molecule has 0 atom stereocenters. The fraction of sp³-hybridized carbons (Fsp3) is 0.333. The number of furan rings is 1. The van der Waals surface area contributed by atoms with E-state index in [1.165, 1.54) is 16.2 Å². The van der Waals surface area contributed by atoms with Gasteiger partial charge >= 0.3 is 0 Å². The second-order valence-electron chi connectivity index (χ2n) is 9.21. The van der Waals surface area contributed by atoms with Crippen molar-refractivity contribution in [3.05, 3.63) is 75.5 Å². The SMILES string of the molecule is Cc1ccccc1Cn1c(C(=O)Nc2sc3c(c2C(=O)NC(C)C)CCCC3)cc2occc21. The highest BCUT2D eigenvalue weighted by Crippen LogP contribution is 2.38. The van der Waals surface area contributed by atoms with Crippen LogP contribution in [0.2, 0.25) is 0 Å². The standard InChI is InChI=1S/C27H29N3O3S/c1-16(2)28-26(32)24-19-10-6-7-11-23(19)34-27(24)29-25(31)21-14-22-20(12-13-33-22)30(21)15-18-9-5-4-8-17(18)3/h4-5,8-9,12-14,16H,6-7,10-11,15H2,1-3H3,(H,28,32)(H,29,31). The minimum Gasteiger partial charge on any atom is -0.463 e. The van der Waals surface area contributed by atoms with Gasteiger partial charge in [0.05, 0.1) is 17.3 Å². The van der Waals surface area contributed by atoms with Crippen LogP contribution in [0.25, 0.3) is 11.1 Å². The van der Waals surface area contributed by atoms with Crippen LogP contribution in [-0.2, 0) is 19.4 Å². The normalized spacial score (nSPS) is 13.3. The molecule has 4 aromatic rings. The molecule has 2 amide bonds. The maximum Gasteiger partial charge on any atom is 0.273 e. The number of rotatable bonds is 6. The van der Waals surface area contributed by atoms with E-state index in [1.54, 1.807) is 12.3 Å². The molecule has 3 aromatic heterocycles. The van der Waals surface area contributed by atoms with Crippen LogP contribution < -0.4 is 10.6 Å². The fourth-order valence-corrected chi connectivity index (χ4v) is 5.97. The van der Waals surface area contributed by atoms with Crippen molar-refractivity contribution in [3.63, 3.8) is 0 Å². The Morgan fingerprint density at radius 2 is 1.91 bits per heavy atom. The van der Waals surface area contributed by atoms with Gasteiger partial charge in [0.15, 0.2) is 5.58 Å². The zero-order valence-electron chi connectivity index (χ0n) is 19.7. The molecule has 0 saturated heterocycles. The van der Waals surface area contributed by atoms with E-state index in [0.717, 1.165) is 47.9 Å². The number of amides is 2. The summed E-state index contributed by atoms with van der Waals surface area (Å²) in [5, 5.41) is 6.73. The van der Waals surface area contributed by atoms with E-state index < -0.39 is 0 Å². The van der Waals surface area contributed by atoms with Gasteiger partial charge in [0.25, 0.3) is 11.8 Å². The number of hydrogen-bond acceptors (Lipinski definition) is 4. The summed E-state index contributed by atoms with van der Waals surface area (Å²) in [6.45, 7) is 6.52. The third-order valence-electron chi connectivity index (χ3n) is 6.39. The maximum absolute atomic E-state index is 13.6. The van der Waals surface area contributed by atoms with Crippen molar-refractivity contribution in [3.8, 4) is 0 Å². The van der Waals surface area contributed by atoms with Crippen LogP contribution in [0.5, 0.6) is 0 Å². The molecule has 176 valence electrons. The Bertz CT molecular complexity index is 1380. The van der Waals surface area contributed by atoms with Crippen LogP contribution >= 0.6 is 11.3 Å². The number of carbonyl (C=O) groups is 2. The van der Waals surface area contributed by atoms with Gasteiger partial charge in [-0.25, -0.2) is 0 Å². The van der Waals surface area contributed by atoms with Gasteiger partial charge in [-0.05, 0) is 63.1 Å².